The standard InChI is InChI=1S/C18H15F2N3O2/c1-12-6-7-13(19)16(10-12)21-18(24)15-8-9-23(22-15)11-25-17-5-3-2-4-14(17)20/h2-10H,11H2,1H3,(H,21,24). The normalized spacial score (nSPS) is 10.5. The number of benzene rings is 2. The Labute approximate surface area is 142 Å². The van der Waals surface area contributed by atoms with Crippen molar-refractivity contribution < 1.29 is 18.3 Å². The summed E-state index contributed by atoms with van der Waals surface area (Å²) in [6.45, 7) is 1.73. The largest absolute Gasteiger partial charge is 0.468 e. The van der Waals surface area contributed by atoms with Crippen LogP contribution in [0.3, 0.4) is 0 Å². The van der Waals surface area contributed by atoms with Crippen molar-refractivity contribution in [3.63, 3.8) is 0 Å². The molecule has 1 heterocycles. The first-order chi connectivity index (χ1) is 12.0. The van der Waals surface area contributed by atoms with Crippen LogP contribution in [0.15, 0.2) is 54.7 Å². The number of para-hydroxylation sites is 1. The number of ether oxygens (including phenoxy) is 1. The van der Waals surface area contributed by atoms with Crippen molar-refractivity contribution in [3.05, 3.63) is 77.6 Å². The molecule has 0 aliphatic rings. The van der Waals surface area contributed by atoms with E-state index in [-0.39, 0.29) is 23.9 Å². The van der Waals surface area contributed by atoms with Gasteiger partial charge in [0.05, 0.1) is 5.69 Å². The van der Waals surface area contributed by atoms with E-state index < -0.39 is 17.5 Å². The molecule has 0 atom stereocenters. The first kappa shape index (κ1) is 16.6. The molecular weight excluding hydrogens is 328 g/mol. The van der Waals surface area contributed by atoms with Gasteiger partial charge in [-0.25, -0.2) is 13.5 Å². The summed E-state index contributed by atoms with van der Waals surface area (Å²) in [6, 6.07) is 11.9. The van der Waals surface area contributed by atoms with Crippen molar-refractivity contribution in [2.24, 2.45) is 0 Å². The minimum absolute atomic E-state index is 0.0625. The summed E-state index contributed by atoms with van der Waals surface area (Å²) in [5, 5.41) is 6.51. The average molecular weight is 343 g/mol. The number of carbonyl (C=O) groups excluding carboxylic acids is 1. The van der Waals surface area contributed by atoms with Crippen molar-refractivity contribution in [1.29, 1.82) is 0 Å². The zero-order valence-corrected chi connectivity index (χ0v) is 13.4. The summed E-state index contributed by atoms with van der Waals surface area (Å²) in [5.74, 6) is -1.47. The number of rotatable bonds is 5. The second-order valence-electron chi connectivity index (χ2n) is 5.38. The number of amides is 1. The Balaban J connectivity index is 1.65. The number of hydrogen-bond donors (Lipinski definition) is 1. The minimum Gasteiger partial charge on any atom is -0.468 e. The molecule has 2 aromatic carbocycles. The number of aromatic nitrogens is 2. The summed E-state index contributed by atoms with van der Waals surface area (Å²) in [6.07, 6.45) is 1.52. The van der Waals surface area contributed by atoms with E-state index in [1.165, 1.54) is 41.2 Å². The Morgan fingerprint density at radius 2 is 1.96 bits per heavy atom. The highest BCUT2D eigenvalue weighted by molar-refractivity contribution is 6.02. The molecule has 7 heteroatoms. The molecule has 0 aliphatic heterocycles. The van der Waals surface area contributed by atoms with Gasteiger partial charge < -0.3 is 10.1 Å². The number of hydrogen-bond acceptors (Lipinski definition) is 3. The molecule has 0 unspecified atom stereocenters. The molecule has 0 saturated heterocycles. The number of nitrogens with one attached hydrogen (secondary N) is 1. The quantitative estimate of drug-likeness (QED) is 0.767. The van der Waals surface area contributed by atoms with Crippen LogP contribution in [0.5, 0.6) is 5.75 Å². The SMILES string of the molecule is Cc1ccc(F)c(NC(=O)c2ccn(COc3ccccc3F)n2)c1. The molecule has 0 saturated carbocycles. The molecule has 3 rings (SSSR count). The van der Waals surface area contributed by atoms with Crippen LogP contribution in [0.4, 0.5) is 14.5 Å². The fourth-order valence-corrected chi connectivity index (χ4v) is 2.17. The molecule has 128 valence electrons. The highest BCUT2D eigenvalue weighted by atomic mass is 19.1. The third kappa shape index (κ3) is 4.00. The third-order valence-corrected chi connectivity index (χ3v) is 3.43. The van der Waals surface area contributed by atoms with Gasteiger partial charge in [-0.2, -0.15) is 5.10 Å². The lowest BCUT2D eigenvalue weighted by atomic mass is 10.2. The van der Waals surface area contributed by atoms with Crippen molar-refractivity contribution >= 4 is 11.6 Å². The van der Waals surface area contributed by atoms with Crippen molar-refractivity contribution in [2.75, 3.05) is 5.32 Å². The maximum atomic E-state index is 13.7. The molecule has 0 bridgehead atoms. The molecule has 1 N–H and O–H groups in total. The van der Waals surface area contributed by atoms with Gasteiger partial charge in [0, 0.05) is 6.20 Å². The summed E-state index contributed by atoms with van der Waals surface area (Å²) < 4.78 is 33.8. The molecule has 0 aliphatic carbocycles. The lowest BCUT2D eigenvalue weighted by Gasteiger charge is -2.07. The predicted molar refractivity (Wildman–Crippen MR) is 88.3 cm³/mol. The van der Waals surface area contributed by atoms with Crippen molar-refractivity contribution in [1.82, 2.24) is 9.78 Å². The summed E-state index contributed by atoms with van der Waals surface area (Å²) in [7, 11) is 0. The van der Waals surface area contributed by atoms with Gasteiger partial charge in [0.1, 0.15) is 5.82 Å². The Morgan fingerprint density at radius 3 is 2.76 bits per heavy atom. The van der Waals surface area contributed by atoms with E-state index in [0.717, 1.165) is 5.56 Å². The summed E-state index contributed by atoms with van der Waals surface area (Å²) in [4.78, 5) is 12.2. The molecule has 0 fully saturated rings. The van der Waals surface area contributed by atoms with Crippen LogP contribution in [-0.2, 0) is 6.73 Å². The van der Waals surface area contributed by atoms with E-state index in [9.17, 15) is 13.6 Å². The zero-order chi connectivity index (χ0) is 17.8. The highest BCUT2D eigenvalue weighted by Crippen LogP contribution is 2.17. The van der Waals surface area contributed by atoms with Gasteiger partial charge in [-0.15, -0.1) is 0 Å². The number of carbonyl (C=O) groups is 1. The molecule has 1 amide bonds. The number of anilines is 1. The fraction of sp³-hybridized carbons (Fsp3) is 0.111. The smallest absolute Gasteiger partial charge is 0.276 e. The third-order valence-electron chi connectivity index (χ3n) is 3.43. The van der Waals surface area contributed by atoms with Crippen LogP contribution >= 0.6 is 0 Å². The maximum Gasteiger partial charge on any atom is 0.276 e. The summed E-state index contributed by atoms with van der Waals surface area (Å²) >= 11 is 0. The molecule has 25 heavy (non-hydrogen) atoms. The lowest BCUT2D eigenvalue weighted by Crippen LogP contribution is -2.15. The average Bonchev–Trinajstić information content (AvgIpc) is 3.06. The zero-order valence-electron chi connectivity index (χ0n) is 13.4. The van der Waals surface area contributed by atoms with Gasteiger partial charge in [-0.1, -0.05) is 18.2 Å². The van der Waals surface area contributed by atoms with E-state index >= 15 is 0 Å². The molecule has 0 radical (unpaired) electrons. The lowest BCUT2D eigenvalue weighted by molar-refractivity contribution is 0.101. The van der Waals surface area contributed by atoms with Crippen molar-refractivity contribution in [2.45, 2.75) is 13.7 Å². The monoisotopic (exact) mass is 343 g/mol. The van der Waals surface area contributed by atoms with Gasteiger partial charge in [-0.05, 0) is 42.8 Å². The molecule has 5 nitrogen and oxygen atoms in total. The van der Waals surface area contributed by atoms with Crippen LogP contribution in [0.25, 0.3) is 0 Å². The maximum absolute atomic E-state index is 13.7. The first-order valence-corrected chi connectivity index (χ1v) is 7.51. The van der Waals surface area contributed by atoms with Gasteiger partial charge in [0.15, 0.2) is 24.0 Å². The Hall–Kier alpha value is -3.22. The Morgan fingerprint density at radius 1 is 1.16 bits per heavy atom. The van der Waals surface area contributed by atoms with Gasteiger partial charge in [-0.3, -0.25) is 4.79 Å². The van der Waals surface area contributed by atoms with Gasteiger partial charge >= 0.3 is 0 Å². The van der Waals surface area contributed by atoms with Crippen LogP contribution in [0.1, 0.15) is 16.1 Å². The predicted octanol–water partition coefficient (Wildman–Crippen LogP) is 3.76. The number of halogens is 2. The van der Waals surface area contributed by atoms with Crippen LogP contribution < -0.4 is 10.1 Å². The molecular formula is C18H15F2N3O2. The Kier molecular flexibility index (Phi) is 4.74. The van der Waals surface area contributed by atoms with E-state index in [1.807, 2.05) is 0 Å². The van der Waals surface area contributed by atoms with Gasteiger partial charge in [0.25, 0.3) is 5.91 Å². The van der Waals surface area contributed by atoms with Crippen LogP contribution in [-0.4, -0.2) is 15.7 Å². The van der Waals surface area contributed by atoms with E-state index in [1.54, 1.807) is 25.1 Å². The Bertz CT molecular complexity index is 909. The van der Waals surface area contributed by atoms with Crippen LogP contribution in [0, 0.1) is 18.6 Å². The van der Waals surface area contributed by atoms with Gasteiger partial charge in [0.2, 0.25) is 0 Å². The first-order valence-electron chi connectivity index (χ1n) is 7.51. The molecule has 1 aromatic heterocycles. The highest BCUT2D eigenvalue weighted by Gasteiger charge is 2.13. The van der Waals surface area contributed by atoms with E-state index in [2.05, 4.69) is 10.4 Å². The topological polar surface area (TPSA) is 56.2 Å². The number of aryl methyl sites for hydroxylation is 1. The second-order valence-corrected chi connectivity index (χ2v) is 5.38. The second kappa shape index (κ2) is 7.12. The van der Waals surface area contributed by atoms with Crippen molar-refractivity contribution in [3.8, 4) is 5.75 Å². The van der Waals surface area contributed by atoms with Crippen LogP contribution in [0.2, 0.25) is 0 Å². The van der Waals surface area contributed by atoms with E-state index in [0.29, 0.717) is 0 Å². The van der Waals surface area contributed by atoms with E-state index in [4.69, 9.17) is 4.74 Å². The minimum atomic E-state index is -0.547. The summed E-state index contributed by atoms with van der Waals surface area (Å²) in [5.41, 5.74) is 1.00. The number of nitrogens with zero attached hydrogens (tertiary/aromatic N) is 2. The fourth-order valence-electron chi connectivity index (χ4n) is 2.17. The molecule has 0 spiro atoms. The molecule has 3 aromatic rings.